The van der Waals surface area contributed by atoms with E-state index in [-0.39, 0.29) is 18.2 Å². The van der Waals surface area contributed by atoms with E-state index in [0.29, 0.717) is 33.1 Å². The molecule has 0 radical (unpaired) electrons. The number of benzene rings is 2. The average Bonchev–Trinajstić information content (AvgIpc) is 2.71. The van der Waals surface area contributed by atoms with Crippen molar-refractivity contribution in [2.45, 2.75) is 0 Å². The minimum Gasteiger partial charge on any atom is -0.497 e. The molecule has 0 aliphatic carbocycles. The largest absolute Gasteiger partial charge is 0.497 e. The van der Waals surface area contributed by atoms with E-state index >= 15 is 0 Å². The molecule has 2 aromatic carbocycles. The predicted octanol–water partition coefficient (Wildman–Crippen LogP) is 3.70. The first kappa shape index (κ1) is 19.4. The number of halogens is 1. The van der Waals surface area contributed by atoms with Gasteiger partial charge in [-0.1, -0.05) is 17.7 Å². The summed E-state index contributed by atoms with van der Waals surface area (Å²) in [5.74, 6) is -0.0627. The number of methoxy groups -OCH3 is 2. The van der Waals surface area contributed by atoms with Crippen molar-refractivity contribution in [2.75, 3.05) is 26.1 Å². The Labute approximate surface area is 166 Å². The Bertz CT molecular complexity index is 1040. The molecule has 3 aromatic rings. The number of anilines is 1. The molecule has 1 N–H and O–H groups in total. The summed E-state index contributed by atoms with van der Waals surface area (Å²) in [6, 6.07) is 13.3. The molecule has 1 amide bonds. The quantitative estimate of drug-likeness (QED) is 0.635. The predicted molar refractivity (Wildman–Crippen MR) is 105 cm³/mol. The number of nitrogens with zero attached hydrogens (tertiary/aromatic N) is 1. The van der Waals surface area contributed by atoms with Crippen LogP contribution in [0.4, 0.5) is 5.69 Å². The highest BCUT2D eigenvalue weighted by molar-refractivity contribution is 6.31. The van der Waals surface area contributed by atoms with Crippen molar-refractivity contribution in [1.82, 2.24) is 4.98 Å². The molecular formula is C20H17ClN2O5. The van der Waals surface area contributed by atoms with Gasteiger partial charge in [-0.15, -0.1) is 0 Å². The molecule has 7 nitrogen and oxygen atoms in total. The number of hydrogen-bond acceptors (Lipinski definition) is 6. The third-order valence-electron chi connectivity index (χ3n) is 3.84. The fourth-order valence-corrected chi connectivity index (χ4v) is 2.71. The van der Waals surface area contributed by atoms with Crippen molar-refractivity contribution in [3.05, 3.63) is 59.2 Å². The number of carbonyl (C=O) groups excluding carboxylic acids is 2. The van der Waals surface area contributed by atoms with Gasteiger partial charge in [0.15, 0.2) is 12.3 Å². The Kier molecular flexibility index (Phi) is 5.96. The summed E-state index contributed by atoms with van der Waals surface area (Å²) in [6.45, 7) is -0.274. The van der Waals surface area contributed by atoms with Gasteiger partial charge in [0.05, 0.1) is 19.7 Å². The van der Waals surface area contributed by atoms with E-state index in [9.17, 15) is 9.59 Å². The third kappa shape index (κ3) is 4.50. The summed E-state index contributed by atoms with van der Waals surface area (Å²) in [4.78, 5) is 28.3. The topological polar surface area (TPSA) is 86.8 Å². The number of ether oxygens (including phenoxy) is 3. The SMILES string of the molecule is COC(=O)c1cc(OCC(=O)Nc2cccc(OC)c2)c2cc(Cl)ccc2n1. The number of amides is 1. The van der Waals surface area contributed by atoms with E-state index in [1.165, 1.54) is 13.2 Å². The number of hydrogen-bond donors (Lipinski definition) is 1. The van der Waals surface area contributed by atoms with Gasteiger partial charge in [0.1, 0.15) is 11.5 Å². The zero-order valence-electron chi connectivity index (χ0n) is 15.2. The Morgan fingerprint density at radius 3 is 2.68 bits per heavy atom. The minimum absolute atomic E-state index is 0.0699. The standard InChI is InChI=1S/C20H17ClN2O5/c1-26-14-5-3-4-13(9-14)22-19(24)11-28-18-10-17(20(25)27-2)23-16-7-6-12(21)8-15(16)18/h3-10H,11H2,1-2H3,(H,22,24). The lowest BCUT2D eigenvalue weighted by Crippen LogP contribution is -2.20. The number of rotatable bonds is 6. The zero-order chi connectivity index (χ0) is 20.1. The van der Waals surface area contributed by atoms with Crippen molar-refractivity contribution < 1.29 is 23.8 Å². The van der Waals surface area contributed by atoms with E-state index in [4.69, 9.17) is 25.8 Å². The lowest BCUT2D eigenvalue weighted by molar-refractivity contribution is -0.118. The summed E-state index contributed by atoms with van der Waals surface area (Å²) in [7, 11) is 2.81. The highest BCUT2D eigenvalue weighted by Gasteiger charge is 2.15. The summed E-state index contributed by atoms with van der Waals surface area (Å²) >= 11 is 6.05. The number of esters is 1. The lowest BCUT2D eigenvalue weighted by atomic mass is 10.2. The number of pyridine rings is 1. The van der Waals surface area contributed by atoms with Gasteiger partial charge >= 0.3 is 5.97 Å². The van der Waals surface area contributed by atoms with Crippen LogP contribution in [0, 0.1) is 0 Å². The smallest absolute Gasteiger partial charge is 0.356 e. The van der Waals surface area contributed by atoms with Crippen LogP contribution in [0.25, 0.3) is 10.9 Å². The van der Waals surface area contributed by atoms with Gasteiger partial charge in [-0.25, -0.2) is 9.78 Å². The molecule has 0 aliphatic heterocycles. The second kappa shape index (κ2) is 8.58. The maximum absolute atomic E-state index is 12.3. The van der Waals surface area contributed by atoms with Gasteiger partial charge in [0.2, 0.25) is 0 Å². The van der Waals surface area contributed by atoms with Gasteiger partial charge in [0, 0.05) is 28.2 Å². The molecular weight excluding hydrogens is 384 g/mol. The van der Waals surface area contributed by atoms with Crippen molar-refractivity contribution in [1.29, 1.82) is 0 Å². The lowest BCUT2D eigenvalue weighted by Gasteiger charge is -2.12. The maximum Gasteiger partial charge on any atom is 0.356 e. The molecule has 0 bridgehead atoms. The van der Waals surface area contributed by atoms with Crippen LogP contribution in [0.1, 0.15) is 10.5 Å². The molecule has 1 aromatic heterocycles. The zero-order valence-corrected chi connectivity index (χ0v) is 15.9. The van der Waals surface area contributed by atoms with Crippen LogP contribution in [0.3, 0.4) is 0 Å². The summed E-state index contributed by atoms with van der Waals surface area (Å²) in [6.07, 6.45) is 0. The van der Waals surface area contributed by atoms with Gasteiger partial charge in [-0.05, 0) is 30.3 Å². The second-order valence-electron chi connectivity index (χ2n) is 5.73. The average molecular weight is 401 g/mol. The van der Waals surface area contributed by atoms with Gasteiger partial charge in [-0.2, -0.15) is 0 Å². The number of nitrogens with one attached hydrogen (secondary N) is 1. The molecule has 0 atom stereocenters. The first-order valence-electron chi connectivity index (χ1n) is 8.25. The highest BCUT2D eigenvalue weighted by Crippen LogP contribution is 2.28. The first-order chi connectivity index (χ1) is 13.5. The van der Waals surface area contributed by atoms with E-state index in [1.54, 1.807) is 49.6 Å². The van der Waals surface area contributed by atoms with E-state index < -0.39 is 5.97 Å². The molecule has 1 heterocycles. The molecule has 0 saturated carbocycles. The van der Waals surface area contributed by atoms with Gasteiger partial charge in [0.25, 0.3) is 5.91 Å². The Hall–Kier alpha value is -3.32. The maximum atomic E-state index is 12.3. The second-order valence-corrected chi connectivity index (χ2v) is 6.16. The van der Waals surface area contributed by atoms with E-state index in [1.807, 2.05) is 0 Å². The normalized spacial score (nSPS) is 10.4. The number of fused-ring (bicyclic) bond motifs is 1. The van der Waals surface area contributed by atoms with Crippen LogP contribution in [0.2, 0.25) is 5.02 Å². The molecule has 28 heavy (non-hydrogen) atoms. The Morgan fingerprint density at radius 2 is 1.93 bits per heavy atom. The van der Waals surface area contributed by atoms with Crippen molar-refractivity contribution in [2.24, 2.45) is 0 Å². The van der Waals surface area contributed by atoms with Gasteiger partial charge < -0.3 is 19.5 Å². The van der Waals surface area contributed by atoms with Crippen LogP contribution in [-0.4, -0.2) is 37.7 Å². The van der Waals surface area contributed by atoms with E-state index in [0.717, 1.165) is 0 Å². The van der Waals surface area contributed by atoms with E-state index in [2.05, 4.69) is 10.3 Å². The molecule has 0 unspecified atom stereocenters. The summed E-state index contributed by atoms with van der Waals surface area (Å²) < 4.78 is 15.5. The molecule has 0 saturated heterocycles. The number of carbonyl (C=O) groups is 2. The summed E-state index contributed by atoms with van der Waals surface area (Å²) in [5, 5.41) is 3.77. The molecule has 0 aliphatic rings. The Morgan fingerprint density at radius 1 is 1.11 bits per heavy atom. The van der Waals surface area contributed by atoms with Crippen LogP contribution in [-0.2, 0) is 9.53 Å². The van der Waals surface area contributed by atoms with Gasteiger partial charge in [-0.3, -0.25) is 4.79 Å². The van der Waals surface area contributed by atoms with Crippen LogP contribution in [0.15, 0.2) is 48.5 Å². The minimum atomic E-state index is -0.609. The fraction of sp³-hybridized carbons (Fsp3) is 0.150. The van der Waals surface area contributed by atoms with Crippen molar-refractivity contribution in [3.8, 4) is 11.5 Å². The first-order valence-corrected chi connectivity index (χ1v) is 8.63. The molecule has 0 fully saturated rings. The molecule has 0 spiro atoms. The Balaban J connectivity index is 1.81. The van der Waals surface area contributed by atoms with Crippen LogP contribution in [0.5, 0.6) is 11.5 Å². The highest BCUT2D eigenvalue weighted by atomic mass is 35.5. The number of aromatic nitrogens is 1. The molecule has 144 valence electrons. The van der Waals surface area contributed by atoms with Crippen molar-refractivity contribution >= 4 is 40.1 Å². The van der Waals surface area contributed by atoms with Crippen LogP contribution >= 0.6 is 11.6 Å². The monoisotopic (exact) mass is 400 g/mol. The van der Waals surface area contributed by atoms with Crippen LogP contribution < -0.4 is 14.8 Å². The third-order valence-corrected chi connectivity index (χ3v) is 4.07. The molecule has 8 heteroatoms. The molecule has 3 rings (SSSR count). The fourth-order valence-electron chi connectivity index (χ4n) is 2.54. The summed E-state index contributed by atoms with van der Waals surface area (Å²) in [5.41, 5.74) is 1.14. The van der Waals surface area contributed by atoms with Crippen molar-refractivity contribution in [3.63, 3.8) is 0 Å².